The van der Waals surface area contributed by atoms with Gasteiger partial charge in [-0.3, -0.25) is 4.79 Å². The summed E-state index contributed by atoms with van der Waals surface area (Å²) in [6.45, 7) is 2.02. The van der Waals surface area contributed by atoms with Crippen LogP contribution in [0.1, 0.15) is 31.7 Å². The summed E-state index contributed by atoms with van der Waals surface area (Å²) in [5.74, 6) is -0.349. The molecular formula is C15H20ClF3N2O2. The molecule has 1 aliphatic carbocycles. The van der Waals surface area contributed by atoms with Gasteiger partial charge in [0.25, 0.3) is 0 Å². The van der Waals surface area contributed by atoms with Crippen LogP contribution in [0.25, 0.3) is 0 Å². The number of ether oxygens (including phenoxy) is 1. The van der Waals surface area contributed by atoms with E-state index in [0.29, 0.717) is 19.4 Å². The molecule has 1 saturated carbocycles. The Bertz CT molecular complexity index is 552. The maximum absolute atomic E-state index is 12.8. The first-order valence-corrected chi connectivity index (χ1v) is 7.21. The summed E-state index contributed by atoms with van der Waals surface area (Å²) < 4.78 is 43.7. The Morgan fingerprint density at radius 1 is 1.39 bits per heavy atom. The Labute approximate surface area is 139 Å². The number of carbonyl (C=O) groups is 1. The van der Waals surface area contributed by atoms with Crippen LogP contribution >= 0.6 is 12.4 Å². The highest BCUT2D eigenvalue weighted by molar-refractivity contribution is 5.94. The van der Waals surface area contributed by atoms with Crippen molar-refractivity contribution in [1.82, 2.24) is 0 Å². The second-order valence-corrected chi connectivity index (χ2v) is 5.40. The summed E-state index contributed by atoms with van der Waals surface area (Å²) in [6, 6.07) is 3.04. The van der Waals surface area contributed by atoms with Crippen LogP contribution in [-0.2, 0) is 11.0 Å². The van der Waals surface area contributed by atoms with Crippen molar-refractivity contribution < 1.29 is 22.7 Å². The third-order valence-electron chi connectivity index (χ3n) is 3.71. The molecule has 1 aromatic rings. The first kappa shape index (κ1) is 19.6. The molecule has 0 heterocycles. The zero-order valence-corrected chi connectivity index (χ0v) is 13.5. The lowest BCUT2D eigenvalue weighted by Gasteiger charge is -2.16. The molecule has 1 fully saturated rings. The molecule has 8 heteroatoms. The van der Waals surface area contributed by atoms with E-state index in [0.717, 1.165) is 18.6 Å². The van der Waals surface area contributed by atoms with E-state index >= 15 is 0 Å². The molecule has 0 spiro atoms. The molecular weight excluding hydrogens is 333 g/mol. The number of nitrogens with two attached hydrogens (primary N) is 1. The monoisotopic (exact) mass is 352 g/mol. The lowest BCUT2D eigenvalue weighted by Crippen LogP contribution is -2.23. The highest BCUT2D eigenvalue weighted by Crippen LogP contribution is 2.36. The molecule has 130 valence electrons. The molecule has 0 aromatic heterocycles. The molecule has 1 aromatic carbocycles. The van der Waals surface area contributed by atoms with E-state index in [2.05, 4.69) is 5.32 Å². The van der Waals surface area contributed by atoms with Crippen molar-refractivity contribution in [3.8, 4) is 5.75 Å². The number of benzene rings is 1. The molecule has 23 heavy (non-hydrogen) atoms. The molecule has 2 rings (SSSR count). The smallest absolute Gasteiger partial charge is 0.416 e. The van der Waals surface area contributed by atoms with Crippen molar-refractivity contribution in [2.24, 2.45) is 11.7 Å². The van der Waals surface area contributed by atoms with E-state index in [9.17, 15) is 18.0 Å². The minimum atomic E-state index is -4.47. The van der Waals surface area contributed by atoms with Crippen molar-refractivity contribution in [2.45, 2.75) is 38.4 Å². The molecule has 0 bridgehead atoms. The van der Waals surface area contributed by atoms with Gasteiger partial charge < -0.3 is 15.8 Å². The summed E-state index contributed by atoms with van der Waals surface area (Å²) in [5.41, 5.74) is 4.98. The van der Waals surface area contributed by atoms with Crippen molar-refractivity contribution in [3.05, 3.63) is 23.8 Å². The van der Waals surface area contributed by atoms with Gasteiger partial charge in [-0.2, -0.15) is 13.2 Å². The summed E-state index contributed by atoms with van der Waals surface area (Å²) in [4.78, 5) is 12.2. The van der Waals surface area contributed by atoms with Crippen molar-refractivity contribution in [1.29, 1.82) is 0 Å². The highest BCUT2D eigenvalue weighted by Gasteiger charge is 2.32. The molecule has 1 aliphatic rings. The van der Waals surface area contributed by atoms with E-state index in [1.165, 1.54) is 6.07 Å². The van der Waals surface area contributed by atoms with E-state index in [-0.39, 0.29) is 41.7 Å². The minimum Gasteiger partial charge on any atom is -0.492 e. The fourth-order valence-electron chi connectivity index (χ4n) is 2.57. The van der Waals surface area contributed by atoms with Crippen LogP contribution in [0.2, 0.25) is 0 Å². The number of carbonyl (C=O) groups excluding carboxylic acids is 1. The third kappa shape index (κ3) is 5.00. The lowest BCUT2D eigenvalue weighted by molar-refractivity contribution is -0.137. The van der Waals surface area contributed by atoms with Gasteiger partial charge in [0.1, 0.15) is 5.75 Å². The summed E-state index contributed by atoms with van der Waals surface area (Å²) in [5, 5.41) is 2.55. The molecule has 2 unspecified atom stereocenters. The fraction of sp³-hybridized carbons (Fsp3) is 0.533. The number of hydrogen-bond donors (Lipinski definition) is 2. The van der Waals surface area contributed by atoms with Gasteiger partial charge in [-0.1, -0.05) is 0 Å². The largest absolute Gasteiger partial charge is 0.492 e. The maximum Gasteiger partial charge on any atom is 0.416 e. The standard InChI is InChI=1S/C15H19F3N2O2.ClH/c1-2-22-13-6-4-10(15(16,17)18)8-12(13)20-14(21)9-3-5-11(19)7-9;/h4,6,8-9,11H,2-3,5,7,19H2,1H3,(H,20,21);1H. The van der Waals surface area contributed by atoms with Gasteiger partial charge in [0.2, 0.25) is 5.91 Å². The quantitative estimate of drug-likeness (QED) is 0.870. The zero-order chi connectivity index (χ0) is 16.3. The van der Waals surface area contributed by atoms with E-state index in [1.807, 2.05) is 0 Å². The molecule has 1 amide bonds. The summed E-state index contributed by atoms with van der Waals surface area (Å²) >= 11 is 0. The molecule has 0 aliphatic heterocycles. The number of anilines is 1. The highest BCUT2D eigenvalue weighted by atomic mass is 35.5. The summed E-state index contributed by atoms with van der Waals surface area (Å²) in [7, 11) is 0. The molecule has 3 N–H and O–H groups in total. The number of nitrogens with one attached hydrogen (secondary N) is 1. The van der Waals surface area contributed by atoms with Crippen molar-refractivity contribution >= 4 is 24.0 Å². The fourth-order valence-corrected chi connectivity index (χ4v) is 2.57. The molecule has 0 saturated heterocycles. The number of halogens is 4. The Hall–Kier alpha value is -1.47. The second-order valence-electron chi connectivity index (χ2n) is 5.40. The number of hydrogen-bond acceptors (Lipinski definition) is 3. The Kier molecular flexibility index (Phi) is 6.70. The predicted molar refractivity (Wildman–Crippen MR) is 83.8 cm³/mol. The number of rotatable bonds is 4. The van der Waals surface area contributed by atoms with Gasteiger partial charge in [0, 0.05) is 12.0 Å². The van der Waals surface area contributed by atoms with Crippen LogP contribution in [-0.4, -0.2) is 18.6 Å². The van der Waals surface area contributed by atoms with Gasteiger partial charge in [-0.15, -0.1) is 12.4 Å². The molecule has 2 atom stereocenters. The normalized spacial score (nSPS) is 20.7. The Morgan fingerprint density at radius 3 is 2.61 bits per heavy atom. The van der Waals surface area contributed by atoms with Gasteiger partial charge >= 0.3 is 6.18 Å². The first-order chi connectivity index (χ1) is 10.3. The van der Waals surface area contributed by atoms with E-state index in [1.54, 1.807) is 6.92 Å². The molecule has 4 nitrogen and oxygen atoms in total. The van der Waals surface area contributed by atoms with Crippen LogP contribution in [0.3, 0.4) is 0 Å². The Morgan fingerprint density at radius 2 is 2.09 bits per heavy atom. The predicted octanol–water partition coefficient (Wildman–Crippen LogP) is 3.59. The van der Waals surface area contributed by atoms with Crippen LogP contribution < -0.4 is 15.8 Å². The third-order valence-corrected chi connectivity index (χ3v) is 3.71. The topological polar surface area (TPSA) is 64.3 Å². The number of amides is 1. The van der Waals surface area contributed by atoms with Gasteiger partial charge in [0.05, 0.1) is 17.9 Å². The van der Waals surface area contributed by atoms with Gasteiger partial charge in [-0.05, 0) is 44.4 Å². The van der Waals surface area contributed by atoms with Crippen LogP contribution in [0, 0.1) is 5.92 Å². The maximum atomic E-state index is 12.8. The average Bonchev–Trinajstić information content (AvgIpc) is 2.86. The average molecular weight is 353 g/mol. The zero-order valence-electron chi connectivity index (χ0n) is 12.7. The minimum absolute atomic E-state index is 0. The van der Waals surface area contributed by atoms with Crippen molar-refractivity contribution in [2.75, 3.05) is 11.9 Å². The molecule has 0 radical (unpaired) electrons. The first-order valence-electron chi connectivity index (χ1n) is 7.21. The van der Waals surface area contributed by atoms with E-state index < -0.39 is 11.7 Å². The van der Waals surface area contributed by atoms with Crippen LogP contribution in [0.4, 0.5) is 18.9 Å². The second kappa shape index (κ2) is 7.88. The number of alkyl halides is 3. The lowest BCUT2D eigenvalue weighted by atomic mass is 10.1. The van der Waals surface area contributed by atoms with Gasteiger partial charge in [0.15, 0.2) is 0 Å². The van der Waals surface area contributed by atoms with Crippen LogP contribution in [0.5, 0.6) is 5.75 Å². The van der Waals surface area contributed by atoms with E-state index in [4.69, 9.17) is 10.5 Å². The van der Waals surface area contributed by atoms with Crippen LogP contribution in [0.15, 0.2) is 18.2 Å². The Balaban J connectivity index is 0.00000264. The van der Waals surface area contributed by atoms with Crippen molar-refractivity contribution in [3.63, 3.8) is 0 Å². The summed E-state index contributed by atoms with van der Waals surface area (Å²) in [6.07, 6.45) is -2.52. The van der Waals surface area contributed by atoms with Gasteiger partial charge in [-0.25, -0.2) is 0 Å². The SMILES string of the molecule is CCOc1ccc(C(F)(F)F)cc1NC(=O)C1CCC(N)C1.Cl.